The van der Waals surface area contributed by atoms with E-state index >= 15 is 0 Å². The van der Waals surface area contributed by atoms with E-state index in [4.69, 9.17) is 5.11 Å². The van der Waals surface area contributed by atoms with Crippen LogP contribution in [-0.2, 0) is 4.79 Å². The van der Waals surface area contributed by atoms with Gasteiger partial charge in [0.25, 0.3) is 0 Å². The summed E-state index contributed by atoms with van der Waals surface area (Å²) >= 11 is 1.55. The van der Waals surface area contributed by atoms with E-state index in [1.165, 1.54) is 18.6 Å². The third kappa shape index (κ3) is 4.21. The minimum Gasteiger partial charge on any atom is -0.395 e. The van der Waals surface area contributed by atoms with Gasteiger partial charge in [-0.15, -0.1) is 11.8 Å². The highest BCUT2D eigenvalue weighted by Crippen LogP contribution is 2.26. The molecule has 1 aromatic rings. The molecule has 0 spiro atoms. The fourth-order valence-electron chi connectivity index (χ4n) is 2.25. The van der Waals surface area contributed by atoms with Crippen LogP contribution in [0.4, 0.5) is 4.39 Å². The van der Waals surface area contributed by atoms with Crippen LogP contribution in [0.3, 0.4) is 0 Å². The number of carbonyl (C=O) groups is 1. The number of amides is 1. The van der Waals surface area contributed by atoms with Gasteiger partial charge in [-0.1, -0.05) is 0 Å². The normalized spacial score (nSPS) is 14.9. The molecule has 0 bridgehead atoms. The number of aliphatic hydroxyl groups excluding tert-OH is 1. The van der Waals surface area contributed by atoms with Crippen LogP contribution in [0.5, 0.6) is 0 Å². The first-order valence-corrected chi connectivity index (χ1v) is 7.98. The monoisotopic (exact) mass is 297 g/mol. The van der Waals surface area contributed by atoms with E-state index in [0.29, 0.717) is 24.8 Å². The molecule has 1 amide bonds. The number of rotatable bonds is 7. The molecule has 0 saturated heterocycles. The lowest BCUT2D eigenvalue weighted by molar-refractivity contribution is -0.135. The Balaban J connectivity index is 1.76. The van der Waals surface area contributed by atoms with Crippen molar-refractivity contribution in [3.8, 4) is 0 Å². The van der Waals surface area contributed by atoms with E-state index in [-0.39, 0.29) is 18.3 Å². The Morgan fingerprint density at radius 2 is 2.05 bits per heavy atom. The highest BCUT2D eigenvalue weighted by Gasteiger charge is 2.27. The Kier molecular flexibility index (Phi) is 5.86. The second-order valence-electron chi connectivity index (χ2n) is 4.95. The van der Waals surface area contributed by atoms with Gasteiger partial charge in [-0.2, -0.15) is 0 Å². The lowest BCUT2D eigenvalue weighted by atomic mass is 9.91. The molecule has 0 radical (unpaired) electrons. The summed E-state index contributed by atoms with van der Waals surface area (Å²) in [7, 11) is 0. The summed E-state index contributed by atoms with van der Waals surface area (Å²) in [5, 5.41) is 9.05. The van der Waals surface area contributed by atoms with Crippen molar-refractivity contribution in [3.63, 3.8) is 0 Å². The fourth-order valence-corrected chi connectivity index (χ4v) is 3.09. The molecule has 5 heteroatoms. The molecular formula is C15H20FNO2S. The first-order chi connectivity index (χ1) is 9.70. The van der Waals surface area contributed by atoms with Gasteiger partial charge in [-0.25, -0.2) is 4.39 Å². The molecule has 3 nitrogen and oxygen atoms in total. The van der Waals surface area contributed by atoms with E-state index < -0.39 is 0 Å². The van der Waals surface area contributed by atoms with Gasteiger partial charge in [0.2, 0.25) is 5.91 Å². The van der Waals surface area contributed by atoms with Crippen LogP contribution < -0.4 is 0 Å². The highest BCUT2D eigenvalue weighted by molar-refractivity contribution is 7.99. The molecule has 1 N–H and O–H groups in total. The molecule has 0 aromatic heterocycles. The first kappa shape index (κ1) is 15.3. The highest BCUT2D eigenvalue weighted by atomic mass is 32.2. The average Bonchev–Trinajstić information content (AvgIpc) is 2.38. The third-order valence-corrected chi connectivity index (χ3v) is 4.59. The minimum absolute atomic E-state index is 0.0212. The van der Waals surface area contributed by atoms with Crippen LogP contribution in [0.2, 0.25) is 0 Å². The zero-order valence-corrected chi connectivity index (χ0v) is 12.2. The quantitative estimate of drug-likeness (QED) is 0.787. The Morgan fingerprint density at radius 1 is 1.35 bits per heavy atom. The van der Waals surface area contributed by atoms with Crippen LogP contribution in [0, 0.1) is 5.82 Å². The molecule has 0 aliphatic heterocycles. The largest absolute Gasteiger partial charge is 0.395 e. The molecule has 0 atom stereocenters. The SMILES string of the molecule is O=C(CCSc1ccc(F)cc1)N(CCO)C1CCC1. The summed E-state index contributed by atoms with van der Waals surface area (Å²) < 4.78 is 12.8. The van der Waals surface area contributed by atoms with Crippen LogP contribution in [0.1, 0.15) is 25.7 Å². The van der Waals surface area contributed by atoms with Crippen molar-refractivity contribution in [1.82, 2.24) is 4.90 Å². The smallest absolute Gasteiger partial charge is 0.223 e. The molecule has 0 heterocycles. The second-order valence-corrected chi connectivity index (χ2v) is 6.12. The van der Waals surface area contributed by atoms with Gasteiger partial charge in [-0.05, 0) is 43.5 Å². The molecule has 2 rings (SSSR count). The zero-order valence-electron chi connectivity index (χ0n) is 11.4. The number of carbonyl (C=O) groups excluding carboxylic acids is 1. The molecule has 110 valence electrons. The van der Waals surface area contributed by atoms with Crippen molar-refractivity contribution in [1.29, 1.82) is 0 Å². The van der Waals surface area contributed by atoms with Gasteiger partial charge >= 0.3 is 0 Å². The lowest BCUT2D eigenvalue weighted by Gasteiger charge is -2.37. The van der Waals surface area contributed by atoms with Crippen molar-refractivity contribution in [2.75, 3.05) is 18.9 Å². The number of halogens is 1. The van der Waals surface area contributed by atoms with Crippen LogP contribution in [-0.4, -0.2) is 40.9 Å². The summed E-state index contributed by atoms with van der Waals surface area (Å²) in [6.07, 6.45) is 3.73. The van der Waals surface area contributed by atoms with Crippen molar-refractivity contribution in [2.45, 2.75) is 36.6 Å². The zero-order chi connectivity index (χ0) is 14.4. The van der Waals surface area contributed by atoms with Gasteiger partial charge < -0.3 is 10.0 Å². The first-order valence-electron chi connectivity index (χ1n) is 6.99. The van der Waals surface area contributed by atoms with Crippen LogP contribution in [0.25, 0.3) is 0 Å². The molecule has 1 fully saturated rings. The number of nitrogens with zero attached hydrogens (tertiary/aromatic N) is 1. The molecule has 1 saturated carbocycles. The summed E-state index contributed by atoms with van der Waals surface area (Å²) in [6, 6.07) is 6.63. The molecule has 1 aromatic carbocycles. The summed E-state index contributed by atoms with van der Waals surface area (Å²) in [5.41, 5.74) is 0. The molecule has 1 aliphatic rings. The second kappa shape index (κ2) is 7.64. The molecular weight excluding hydrogens is 277 g/mol. The van der Waals surface area contributed by atoms with Gasteiger partial charge in [0.1, 0.15) is 5.82 Å². The van der Waals surface area contributed by atoms with E-state index in [9.17, 15) is 9.18 Å². The van der Waals surface area contributed by atoms with Gasteiger partial charge in [0.05, 0.1) is 6.61 Å². The Hall–Kier alpha value is -1.07. The maximum Gasteiger partial charge on any atom is 0.223 e. The van der Waals surface area contributed by atoms with Crippen LogP contribution >= 0.6 is 11.8 Å². The maximum atomic E-state index is 12.8. The standard InChI is InChI=1S/C15H20FNO2S/c16-12-4-6-14(7-5-12)20-11-8-15(19)17(9-10-18)13-2-1-3-13/h4-7,13,18H,1-3,8-11H2. The van der Waals surface area contributed by atoms with E-state index in [0.717, 1.165) is 17.7 Å². The Labute approximate surface area is 123 Å². The molecule has 0 unspecified atom stereocenters. The van der Waals surface area contributed by atoms with Gasteiger partial charge in [-0.3, -0.25) is 4.79 Å². The molecule has 1 aliphatic carbocycles. The van der Waals surface area contributed by atoms with Crippen molar-refractivity contribution < 1.29 is 14.3 Å². The number of hydrogen-bond acceptors (Lipinski definition) is 3. The van der Waals surface area contributed by atoms with Crippen LogP contribution in [0.15, 0.2) is 29.2 Å². The van der Waals surface area contributed by atoms with Crippen molar-refractivity contribution in [3.05, 3.63) is 30.1 Å². The minimum atomic E-state index is -0.246. The van der Waals surface area contributed by atoms with Gasteiger partial charge in [0.15, 0.2) is 0 Å². The van der Waals surface area contributed by atoms with Crippen molar-refractivity contribution >= 4 is 17.7 Å². The fraction of sp³-hybridized carbons (Fsp3) is 0.533. The predicted molar refractivity (Wildman–Crippen MR) is 78.2 cm³/mol. The Morgan fingerprint density at radius 3 is 2.60 bits per heavy atom. The predicted octanol–water partition coefficient (Wildman–Crippen LogP) is 2.68. The number of thioether (sulfide) groups is 1. The number of benzene rings is 1. The summed E-state index contributed by atoms with van der Waals surface area (Å²) in [4.78, 5) is 14.9. The summed E-state index contributed by atoms with van der Waals surface area (Å²) in [6.45, 7) is 0.456. The Bertz CT molecular complexity index is 434. The van der Waals surface area contributed by atoms with E-state index in [1.807, 2.05) is 4.90 Å². The van der Waals surface area contributed by atoms with Crippen molar-refractivity contribution in [2.24, 2.45) is 0 Å². The van der Waals surface area contributed by atoms with E-state index in [1.54, 1.807) is 23.9 Å². The summed E-state index contributed by atoms with van der Waals surface area (Å²) in [5.74, 6) is 0.543. The third-order valence-electron chi connectivity index (χ3n) is 3.58. The van der Waals surface area contributed by atoms with Gasteiger partial charge in [0, 0.05) is 29.7 Å². The average molecular weight is 297 g/mol. The lowest BCUT2D eigenvalue weighted by Crippen LogP contribution is -2.45. The topological polar surface area (TPSA) is 40.5 Å². The number of hydrogen-bond donors (Lipinski definition) is 1. The van der Waals surface area contributed by atoms with E-state index in [2.05, 4.69) is 0 Å². The number of aliphatic hydroxyl groups is 1. The molecule has 20 heavy (non-hydrogen) atoms. The maximum absolute atomic E-state index is 12.8.